The van der Waals surface area contributed by atoms with E-state index in [2.05, 4.69) is 16.5 Å². The van der Waals surface area contributed by atoms with Gasteiger partial charge in [-0.25, -0.2) is 0 Å². The van der Waals surface area contributed by atoms with Crippen LogP contribution >= 0.6 is 0 Å². The van der Waals surface area contributed by atoms with Gasteiger partial charge in [0, 0.05) is 19.5 Å². The smallest absolute Gasteiger partial charge is 0.0910 e. The summed E-state index contributed by atoms with van der Waals surface area (Å²) in [5.41, 5.74) is 2.27. The molecule has 1 heterocycles. The Morgan fingerprint density at radius 1 is 1.42 bits per heavy atom. The second kappa shape index (κ2) is 2.52. The molecule has 0 spiro atoms. The van der Waals surface area contributed by atoms with E-state index in [0.717, 1.165) is 11.2 Å². The van der Waals surface area contributed by atoms with E-state index in [-0.39, 0.29) is 0 Å². The van der Waals surface area contributed by atoms with Crippen LogP contribution in [0.25, 0.3) is 10.9 Å². The van der Waals surface area contributed by atoms with Crippen molar-refractivity contribution in [1.29, 1.82) is 0 Å². The van der Waals surface area contributed by atoms with Gasteiger partial charge in [-0.15, -0.1) is 0 Å². The van der Waals surface area contributed by atoms with Gasteiger partial charge in [0.25, 0.3) is 0 Å². The highest BCUT2D eigenvalue weighted by Crippen LogP contribution is 2.21. The predicted molar refractivity (Wildman–Crippen MR) is 50.3 cm³/mol. The van der Waals surface area contributed by atoms with Crippen LogP contribution in [0.2, 0.25) is 0 Å². The van der Waals surface area contributed by atoms with E-state index in [1.54, 1.807) is 0 Å². The number of nitrogens with zero attached hydrogens (tertiary/aromatic N) is 2. The summed E-state index contributed by atoms with van der Waals surface area (Å²) in [6.07, 6.45) is 1.87. The molecule has 2 aromatic rings. The number of anilines is 1. The van der Waals surface area contributed by atoms with Crippen molar-refractivity contribution in [2.45, 2.75) is 0 Å². The van der Waals surface area contributed by atoms with E-state index in [0.29, 0.717) is 0 Å². The summed E-state index contributed by atoms with van der Waals surface area (Å²) >= 11 is 0. The van der Waals surface area contributed by atoms with Crippen LogP contribution < -0.4 is 5.32 Å². The fourth-order valence-corrected chi connectivity index (χ4v) is 1.43. The quantitative estimate of drug-likeness (QED) is 0.688. The van der Waals surface area contributed by atoms with Crippen molar-refractivity contribution in [1.82, 2.24) is 9.78 Å². The van der Waals surface area contributed by atoms with Crippen molar-refractivity contribution in [2.75, 3.05) is 12.4 Å². The molecule has 2 rings (SSSR count). The first-order valence-corrected chi connectivity index (χ1v) is 3.91. The molecule has 0 bridgehead atoms. The maximum atomic E-state index is 4.18. The van der Waals surface area contributed by atoms with Gasteiger partial charge >= 0.3 is 0 Å². The minimum absolute atomic E-state index is 1.12. The highest BCUT2D eigenvalue weighted by molar-refractivity contribution is 5.90. The lowest BCUT2D eigenvalue weighted by Crippen LogP contribution is -1.94. The second-order valence-electron chi connectivity index (χ2n) is 2.76. The van der Waals surface area contributed by atoms with Crippen LogP contribution in [-0.2, 0) is 7.05 Å². The van der Waals surface area contributed by atoms with Gasteiger partial charge < -0.3 is 5.32 Å². The molecule has 0 atom stereocenters. The van der Waals surface area contributed by atoms with Crippen LogP contribution in [0, 0.1) is 0 Å². The lowest BCUT2D eigenvalue weighted by atomic mass is 10.2. The van der Waals surface area contributed by atoms with Crippen molar-refractivity contribution in [3.63, 3.8) is 0 Å². The molecule has 12 heavy (non-hydrogen) atoms. The van der Waals surface area contributed by atoms with Crippen LogP contribution in [0.3, 0.4) is 0 Å². The minimum Gasteiger partial charge on any atom is -0.386 e. The number of nitrogens with one attached hydrogen (secondary N) is 1. The first-order valence-electron chi connectivity index (χ1n) is 3.91. The normalized spacial score (nSPS) is 10.5. The van der Waals surface area contributed by atoms with Crippen LogP contribution in [-0.4, -0.2) is 16.8 Å². The number of fused-ring (bicyclic) bond motifs is 1. The molecule has 0 amide bonds. The topological polar surface area (TPSA) is 29.9 Å². The molecule has 3 nitrogen and oxygen atoms in total. The van der Waals surface area contributed by atoms with Gasteiger partial charge in [-0.1, -0.05) is 12.1 Å². The number of aromatic nitrogens is 2. The molecule has 0 saturated carbocycles. The Hall–Kier alpha value is -1.51. The molecular weight excluding hydrogens is 150 g/mol. The standard InChI is InChI=1S/C9H11N3/c1-10-8-5-3-4-7-6-11-12(2)9(7)8/h3-6,10H,1-2H3. The summed E-state index contributed by atoms with van der Waals surface area (Å²) in [6.45, 7) is 0. The van der Waals surface area contributed by atoms with E-state index in [1.165, 1.54) is 5.39 Å². The predicted octanol–water partition coefficient (Wildman–Crippen LogP) is 1.61. The highest BCUT2D eigenvalue weighted by Gasteiger charge is 2.02. The molecule has 0 aliphatic heterocycles. The molecular formula is C9H11N3. The summed E-state index contributed by atoms with van der Waals surface area (Å²) < 4.78 is 1.88. The van der Waals surface area contributed by atoms with E-state index < -0.39 is 0 Å². The first kappa shape index (κ1) is 7.16. The SMILES string of the molecule is CNc1cccc2cnn(C)c12. The van der Waals surface area contributed by atoms with Crippen LogP contribution in [0.5, 0.6) is 0 Å². The Morgan fingerprint density at radius 3 is 3.00 bits per heavy atom. The van der Waals surface area contributed by atoms with Crippen molar-refractivity contribution in [3.8, 4) is 0 Å². The third-order valence-electron chi connectivity index (χ3n) is 2.03. The summed E-state index contributed by atoms with van der Waals surface area (Å²) in [4.78, 5) is 0. The zero-order valence-electron chi connectivity index (χ0n) is 7.20. The van der Waals surface area contributed by atoms with Gasteiger partial charge in [0.05, 0.1) is 17.4 Å². The van der Waals surface area contributed by atoms with Crippen molar-refractivity contribution < 1.29 is 0 Å². The summed E-state index contributed by atoms with van der Waals surface area (Å²) in [5, 5.41) is 8.49. The number of aryl methyl sites for hydroxylation is 1. The number of hydrogen-bond acceptors (Lipinski definition) is 2. The Labute approximate surface area is 71.0 Å². The molecule has 1 aromatic carbocycles. The zero-order valence-corrected chi connectivity index (χ0v) is 7.20. The maximum Gasteiger partial charge on any atom is 0.0910 e. The van der Waals surface area contributed by atoms with Gasteiger partial charge in [-0.3, -0.25) is 4.68 Å². The molecule has 0 aliphatic rings. The number of para-hydroxylation sites is 1. The van der Waals surface area contributed by atoms with E-state index in [4.69, 9.17) is 0 Å². The van der Waals surface area contributed by atoms with E-state index in [9.17, 15) is 0 Å². The van der Waals surface area contributed by atoms with Gasteiger partial charge in [0.15, 0.2) is 0 Å². The molecule has 62 valence electrons. The lowest BCUT2D eigenvalue weighted by Gasteiger charge is -2.02. The molecule has 0 fully saturated rings. The van der Waals surface area contributed by atoms with Gasteiger partial charge in [-0.05, 0) is 6.07 Å². The van der Waals surface area contributed by atoms with Crippen molar-refractivity contribution in [3.05, 3.63) is 24.4 Å². The fourth-order valence-electron chi connectivity index (χ4n) is 1.43. The van der Waals surface area contributed by atoms with Crippen LogP contribution in [0.4, 0.5) is 5.69 Å². The number of hydrogen-bond donors (Lipinski definition) is 1. The molecule has 0 saturated heterocycles. The average molecular weight is 161 g/mol. The molecule has 0 unspecified atom stereocenters. The fraction of sp³-hybridized carbons (Fsp3) is 0.222. The maximum absolute atomic E-state index is 4.18. The molecule has 1 aromatic heterocycles. The molecule has 0 radical (unpaired) electrons. The van der Waals surface area contributed by atoms with Gasteiger partial charge in [0.1, 0.15) is 0 Å². The highest BCUT2D eigenvalue weighted by atomic mass is 15.3. The minimum atomic E-state index is 1.12. The summed E-state index contributed by atoms with van der Waals surface area (Å²) in [7, 11) is 3.87. The zero-order chi connectivity index (χ0) is 8.55. The van der Waals surface area contributed by atoms with Crippen LogP contribution in [0.15, 0.2) is 24.4 Å². The summed E-state index contributed by atoms with van der Waals surface area (Å²) in [6, 6.07) is 6.13. The monoisotopic (exact) mass is 161 g/mol. The third-order valence-corrected chi connectivity index (χ3v) is 2.03. The van der Waals surface area contributed by atoms with Crippen LogP contribution in [0.1, 0.15) is 0 Å². The average Bonchev–Trinajstić information content (AvgIpc) is 2.48. The van der Waals surface area contributed by atoms with Gasteiger partial charge in [-0.2, -0.15) is 5.10 Å². The van der Waals surface area contributed by atoms with E-state index in [1.807, 2.05) is 37.1 Å². The Kier molecular flexibility index (Phi) is 1.50. The lowest BCUT2D eigenvalue weighted by molar-refractivity contribution is 0.797. The Balaban J connectivity index is 2.84. The Morgan fingerprint density at radius 2 is 2.25 bits per heavy atom. The largest absolute Gasteiger partial charge is 0.386 e. The first-order chi connectivity index (χ1) is 5.83. The van der Waals surface area contributed by atoms with Gasteiger partial charge in [0.2, 0.25) is 0 Å². The second-order valence-corrected chi connectivity index (χ2v) is 2.76. The van der Waals surface area contributed by atoms with Crippen molar-refractivity contribution >= 4 is 16.6 Å². The third kappa shape index (κ3) is 0.863. The number of rotatable bonds is 1. The summed E-state index contributed by atoms with van der Waals surface area (Å²) in [5.74, 6) is 0. The molecule has 3 heteroatoms. The van der Waals surface area contributed by atoms with Crippen molar-refractivity contribution in [2.24, 2.45) is 7.05 Å². The number of benzene rings is 1. The molecule has 1 N–H and O–H groups in total. The van der Waals surface area contributed by atoms with E-state index >= 15 is 0 Å². The Bertz CT molecular complexity index is 403. The molecule has 0 aliphatic carbocycles.